The van der Waals surface area contributed by atoms with Crippen molar-refractivity contribution in [3.63, 3.8) is 0 Å². The van der Waals surface area contributed by atoms with Crippen molar-refractivity contribution in [1.82, 2.24) is 24.1 Å². The van der Waals surface area contributed by atoms with Gasteiger partial charge in [0, 0.05) is 69.1 Å². The molecular weight excluding hydrogens is 1350 g/mol. The molecule has 4 aliphatic rings. The number of para-hydroxylation sites is 2. The summed E-state index contributed by atoms with van der Waals surface area (Å²) in [6, 6.07) is 137. The molecule has 1 unspecified atom stereocenters. The molecule has 0 radical (unpaired) electrons. The van der Waals surface area contributed by atoms with Crippen molar-refractivity contribution in [1.29, 1.82) is 0 Å². The van der Waals surface area contributed by atoms with E-state index in [2.05, 4.69) is 379 Å². The third-order valence-electron chi connectivity index (χ3n) is 23.3. The predicted octanol–water partition coefficient (Wildman–Crippen LogP) is 25.7. The van der Waals surface area contributed by atoms with Crippen LogP contribution in [0.15, 0.2) is 390 Å². The molecule has 108 heavy (non-hydrogen) atoms. The Bertz CT molecular complexity index is 6910. The van der Waals surface area contributed by atoms with Crippen LogP contribution in [0.4, 0.5) is 0 Å². The normalized spacial score (nSPS) is 14.5. The Balaban J connectivity index is 0.691. The molecule has 7 heteroatoms. The fraction of sp³-hybridized carbons (Fsp3) is 0.0198. The van der Waals surface area contributed by atoms with Gasteiger partial charge in [-0.15, -0.1) is 0 Å². The molecule has 5 nitrogen and oxygen atoms in total. The SMILES string of the molecule is c1ccc(-c2cc(-c3ccccc3)nc(-n3c4ccccc4c4ccc5c(c43)Sc3ccccc3C53c4ccccc4-c4c(-c5cccc(-c6cc(-c7cccc(-n8c9ccccc9c9ccc%10c(c98)Sc8ccccc8C%108c9ccccc9-c9ccccc98)c7)nc(-c7ccccc7)n6)c5)cccc43)c2)cc1. The van der Waals surface area contributed by atoms with E-state index in [1.165, 1.54) is 113 Å². The van der Waals surface area contributed by atoms with Gasteiger partial charge in [0.15, 0.2) is 5.82 Å². The fourth-order valence-corrected chi connectivity index (χ4v) is 21.5. The molecule has 0 amide bonds. The van der Waals surface area contributed by atoms with Crippen LogP contribution >= 0.6 is 23.5 Å². The molecule has 19 aromatic rings. The Morgan fingerprint density at radius 3 is 1.31 bits per heavy atom. The van der Waals surface area contributed by atoms with Gasteiger partial charge in [-0.3, -0.25) is 4.57 Å². The first kappa shape index (κ1) is 61.2. The highest BCUT2D eigenvalue weighted by Gasteiger charge is 2.53. The monoisotopic (exact) mass is 1410 g/mol. The molecule has 2 spiro atoms. The minimum atomic E-state index is -0.694. The summed E-state index contributed by atoms with van der Waals surface area (Å²) in [5.74, 6) is 1.54. The van der Waals surface area contributed by atoms with Crippen LogP contribution in [0, 0.1) is 0 Å². The maximum Gasteiger partial charge on any atom is 0.160 e. The molecule has 0 N–H and O–H groups in total. The minimum Gasteiger partial charge on any atom is -0.308 e. The van der Waals surface area contributed by atoms with Crippen molar-refractivity contribution in [3.8, 4) is 101 Å². The van der Waals surface area contributed by atoms with Crippen LogP contribution in [0.5, 0.6) is 0 Å². The van der Waals surface area contributed by atoms with E-state index in [1.807, 2.05) is 23.5 Å². The lowest BCUT2D eigenvalue weighted by Crippen LogP contribution is -2.32. The van der Waals surface area contributed by atoms with E-state index in [1.54, 1.807) is 0 Å². The first-order valence-corrected chi connectivity index (χ1v) is 38.6. The number of rotatable bonds is 8. The molecule has 502 valence electrons. The summed E-state index contributed by atoms with van der Waals surface area (Å²) < 4.78 is 4.98. The summed E-state index contributed by atoms with van der Waals surface area (Å²) in [4.78, 5) is 21.7. The lowest BCUT2D eigenvalue weighted by molar-refractivity contribution is 0.724. The van der Waals surface area contributed by atoms with Crippen molar-refractivity contribution in [2.75, 3.05) is 0 Å². The Morgan fingerprint density at radius 1 is 0.241 bits per heavy atom. The van der Waals surface area contributed by atoms with Crippen LogP contribution < -0.4 is 0 Å². The largest absolute Gasteiger partial charge is 0.308 e. The van der Waals surface area contributed by atoms with Crippen LogP contribution in [-0.4, -0.2) is 24.1 Å². The zero-order chi connectivity index (χ0) is 70.8. The van der Waals surface area contributed by atoms with Crippen LogP contribution in [0.1, 0.15) is 44.5 Å². The lowest BCUT2D eigenvalue weighted by atomic mass is 9.67. The van der Waals surface area contributed by atoms with Gasteiger partial charge < -0.3 is 4.57 Å². The smallest absolute Gasteiger partial charge is 0.160 e. The zero-order valence-corrected chi connectivity index (χ0v) is 59.9. The van der Waals surface area contributed by atoms with Crippen molar-refractivity contribution in [2.45, 2.75) is 30.4 Å². The molecular formula is C101H61N5S2. The van der Waals surface area contributed by atoms with Gasteiger partial charge in [-0.2, -0.15) is 0 Å². The number of benzene rings is 15. The highest BCUT2D eigenvalue weighted by molar-refractivity contribution is 8.00. The summed E-state index contributed by atoms with van der Waals surface area (Å²) in [6.45, 7) is 0. The second-order valence-electron chi connectivity index (χ2n) is 28.7. The lowest BCUT2D eigenvalue weighted by Gasteiger charge is -2.40. The van der Waals surface area contributed by atoms with Gasteiger partial charge in [-0.25, -0.2) is 15.0 Å². The van der Waals surface area contributed by atoms with Gasteiger partial charge in [0.05, 0.1) is 50.0 Å². The van der Waals surface area contributed by atoms with E-state index in [-0.39, 0.29) is 0 Å². The van der Waals surface area contributed by atoms with E-state index in [9.17, 15) is 0 Å². The van der Waals surface area contributed by atoms with E-state index in [4.69, 9.17) is 15.0 Å². The summed E-state index contributed by atoms with van der Waals surface area (Å²) in [7, 11) is 0. The molecule has 4 aromatic heterocycles. The van der Waals surface area contributed by atoms with Gasteiger partial charge >= 0.3 is 0 Å². The standard InChI is InChI=1S/C101H61N5S2/c1-4-27-62(28-5-1)68-59-86(63-29-6-2-7-30-63)102-93(60-68)106-90-50-21-14-40-74(90)76-54-56-85-98(96(76)106)108-92-52-23-19-47-82(92)101(85)80-45-17-12-41-77(80)94-70(42-26-48-83(94)101)65-33-24-34-66(57-65)87-61-88(104-99(103-87)64-31-8-3-9-32-64)67-35-25-36-69(58-67)105-89-49-20-13-39-73(89)75-53-55-84-97(95(75)105)107-91-51-22-18-46-81(91)100(84)78-43-15-10-37-71(78)72-38-11-16-44-79(72)100/h1-61H. The van der Waals surface area contributed by atoms with Crippen LogP contribution in [0.3, 0.4) is 0 Å². The highest BCUT2D eigenvalue weighted by atomic mass is 32.2. The number of hydrogen-bond donors (Lipinski definition) is 0. The second-order valence-corrected chi connectivity index (χ2v) is 30.8. The summed E-state index contributed by atoms with van der Waals surface area (Å²) in [6.07, 6.45) is 0. The van der Waals surface area contributed by atoms with Crippen LogP contribution in [0.25, 0.3) is 145 Å². The van der Waals surface area contributed by atoms with Crippen LogP contribution in [-0.2, 0) is 10.8 Å². The number of hydrogen-bond acceptors (Lipinski definition) is 5. The Hall–Kier alpha value is -13.2. The minimum absolute atomic E-state index is 0.521. The molecule has 15 aromatic carbocycles. The Labute approximate surface area is 632 Å². The molecule has 23 rings (SSSR count). The maximum absolute atomic E-state index is 5.65. The topological polar surface area (TPSA) is 48.5 Å². The molecule has 0 fully saturated rings. The van der Waals surface area contributed by atoms with Crippen molar-refractivity contribution in [3.05, 3.63) is 415 Å². The maximum atomic E-state index is 5.65. The highest BCUT2D eigenvalue weighted by Crippen LogP contribution is 2.66. The third kappa shape index (κ3) is 8.71. The van der Waals surface area contributed by atoms with Gasteiger partial charge in [0.2, 0.25) is 0 Å². The number of nitrogens with zero attached hydrogens (tertiary/aromatic N) is 5. The summed E-state index contributed by atoms with van der Waals surface area (Å²) in [5, 5.41) is 4.81. The first-order chi connectivity index (χ1) is 53.6. The zero-order valence-electron chi connectivity index (χ0n) is 58.3. The van der Waals surface area contributed by atoms with Crippen LogP contribution in [0.2, 0.25) is 0 Å². The number of aromatic nitrogens is 5. The predicted molar refractivity (Wildman–Crippen MR) is 444 cm³/mol. The molecule has 0 saturated carbocycles. The summed E-state index contributed by atoms with van der Waals surface area (Å²) >= 11 is 3.79. The molecule has 2 aliphatic heterocycles. The van der Waals surface area contributed by atoms with Gasteiger partial charge in [0.1, 0.15) is 5.82 Å². The van der Waals surface area contributed by atoms with E-state index in [0.29, 0.717) is 5.82 Å². The van der Waals surface area contributed by atoms with Crippen molar-refractivity contribution < 1.29 is 0 Å². The number of pyridine rings is 1. The molecule has 2 aliphatic carbocycles. The van der Waals surface area contributed by atoms with Gasteiger partial charge in [-0.1, -0.05) is 333 Å². The Kier molecular flexibility index (Phi) is 13.4. The van der Waals surface area contributed by atoms with E-state index < -0.39 is 10.8 Å². The molecule has 6 heterocycles. The Morgan fingerprint density at radius 2 is 0.676 bits per heavy atom. The average molecular weight is 1410 g/mol. The summed E-state index contributed by atoms with van der Waals surface area (Å²) in [5.41, 5.74) is 31.0. The van der Waals surface area contributed by atoms with Gasteiger partial charge in [-0.05, 0) is 150 Å². The third-order valence-corrected chi connectivity index (χ3v) is 25.6. The van der Waals surface area contributed by atoms with Crippen molar-refractivity contribution in [2.24, 2.45) is 0 Å². The molecule has 1 atom stereocenters. The second kappa shape index (κ2) is 23.7. The van der Waals surface area contributed by atoms with Gasteiger partial charge in [0.25, 0.3) is 0 Å². The fourth-order valence-electron chi connectivity index (χ4n) is 18.9. The molecule has 0 saturated heterocycles. The first-order valence-electron chi connectivity index (χ1n) is 37.0. The number of fused-ring (bicyclic) bond motifs is 26. The quantitative estimate of drug-likeness (QED) is 0.152. The van der Waals surface area contributed by atoms with E-state index >= 15 is 0 Å². The van der Waals surface area contributed by atoms with Crippen molar-refractivity contribution >= 4 is 67.1 Å². The van der Waals surface area contributed by atoms with E-state index in [0.717, 1.165) is 89.6 Å². The average Bonchev–Trinajstić information content (AvgIpc) is 1.48. The molecule has 0 bridgehead atoms.